The number of piperidine rings is 1. The third-order valence-electron chi connectivity index (χ3n) is 5.46. The van der Waals surface area contributed by atoms with Crippen molar-refractivity contribution >= 4 is 21.6 Å². The quantitative estimate of drug-likeness (QED) is 0.801. The molecule has 0 saturated carbocycles. The largest absolute Gasteiger partial charge is 0.326 e. The van der Waals surface area contributed by atoms with Crippen LogP contribution < -0.4 is 5.32 Å². The molecular weight excluding hydrogens is 374 g/mol. The molecule has 6 nitrogen and oxygen atoms in total. The van der Waals surface area contributed by atoms with Gasteiger partial charge in [0.2, 0.25) is 15.9 Å². The van der Waals surface area contributed by atoms with Crippen LogP contribution in [0.25, 0.3) is 0 Å². The molecule has 1 N–H and O–H groups in total. The Balaban J connectivity index is 1.57. The maximum atomic E-state index is 12.7. The minimum Gasteiger partial charge on any atom is -0.326 e. The van der Waals surface area contributed by atoms with E-state index < -0.39 is 10.0 Å². The van der Waals surface area contributed by atoms with Crippen LogP contribution in [-0.4, -0.2) is 36.7 Å². The zero-order valence-corrected chi connectivity index (χ0v) is 17.2. The van der Waals surface area contributed by atoms with E-state index in [9.17, 15) is 13.2 Å². The van der Waals surface area contributed by atoms with E-state index in [2.05, 4.69) is 24.1 Å². The number of amides is 1. The van der Waals surface area contributed by atoms with E-state index in [0.29, 0.717) is 31.8 Å². The zero-order chi connectivity index (χ0) is 20.1. The molecule has 150 valence electrons. The molecule has 1 aromatic carbocycles. The molecule has 2 aromatic rings. The lowest BCUT2D eigenvalue weighted by atomic mass is 9.96. The summed E-state index contributed by atoms with van der Waals surface area (Å²) in [7, 11) is -3.55. The van der Waals surface area contributed by atoms with E-state index in [1.54, 1.807) is 18.3 Å². The summed E-state index contributed by atoms with van der Waals surface area (Å²) < 4.78 is 26.7. The number of pyridine rings is 1. The molecule has 1 saturated heterocycles. The van der Waals surface area contributed by atoms with Gasteiger partial charge in [-0.3, -0.25) is 9.78 Å². The molecule has 1 atom stereocenters. The maximum Gasteiger partial charge on any atom is 0.244 e. The monoisotopic (exact) mass is 401 g/mol. The first-order valence-corrected chi connectivity index (χ1v) is 11.2. The third-order valence-corrected chi connectivity index (χ3v) is 7.34. The zero-order valence-electron chi connectivity index (χ0n) is 16.3. The smallest absolute Gasteiger partial charge is 0.244 e. The van der Waals surface area contributed by atoms with Crippen molar-refractivity contribution in [3.63, 3.8) is 0 Å². The number of benzene rings is 1. The number of carbonyl (C=O) groups excluding carboxylic acids is 1. The van der Waals surface area contributed by atoms with Crippen LogP contribution in [0.15, 0.2) is 53.7 Å². The molecule has 1 fully saturated rings. The Hall–Kier alpha value is -2.25. The normalized spacial score (nSPS) is 17.2. The van der Waals surface area contributed by atoms with Crippen molar-refractivity contribution < 1.29 is 13.2 Å². The second-order valence-electron chi connectivity index (χ2n) is 7.29. The number of nitrogens with zero attached hydrogens (tertiary/aromatic N) is 2. The number of carbonyl (C=O) groups is 1. The standard InChI is InChI=1S/C21H27N3O3S/c1-3-16(2)17-6-8-19(9-7-17)23-21(25)18-10-13-24(14-11-18)28(26,27)20-5-4-12-22-15-20/h4-9,12,15-16,18H,3,10-11,13-14H2,1-2H3,(H,23,25). The molecule has 3 rings (SSSR count). The SMILES string of the molecule is CCC(C)c1ccc(NC(=O)C2CCN(S(=O)(=O)c3cccnc3)CC2)cc1. The Bertz CT molecular complexity index is 890. The van der Waals surface area contributed by atoms with Gasteiger partial charge < -0.3 is 5.32 Å². The third kappa shape index (κ3) is 4.59. The summed E-state index contributed by atoms with van der Waals surface area (Å²) >= 11 is 0. The second-order valence-corrected chi connectivity index (χ2v) is 9.23. The first kappa shape index (κ1) is 20.5. The van der Waals surface area contributed by atoms with Crippen LogP contribution in [0, 0.1) is 5.92 Å². The molecule has 0 spiro atoms. The van der Waals surface area contributed by atoms with Gasteiger partial charge in [-0.2, -0.15) is 4.31 Å². The summed E-state index contributed by atoms with van der Waals surface area (Å²) in [6, 6.07) is 11.1. The first-order valence-electron chi connectivity index (χ1n) is 9.72. The highest BCUT2D eigenvalue weighted by Gasteiger charge is 2.32. The predicted octanol–water partition coefficient (Wildman–Crippen LogP) is 3.63. The second kappa shape index (κ2) is 8.84. The summed E-state index contributed by atoms with van der Waals surface area (Å²) in [6.07, 6.45) is 5.00. The molecule has 1 aliphatic rings. The summed E-state index contributed by atoms with van der Waals surface area (Å²) in [6.45, 7) is 5.01. The number of hydrogen-bond donors (Lipinski definition) is 1. The van der Waals surface area contributed by atoms with E-state index >= 15 is 0 Å². The number of aromatic nitrogens is 1. The number of hydrogen-bond acceptors (Lipinski definition) is 4. The molecule has 0 radical (unpaired) electrons. The van der Waals surface area contributed by atoms with Gasteiger partial charge in [-0.15, -0.1) is 0 Å². The van der Waals surface area contributed by atoms with Crippen LogP contribution in [0.4, 0.5) is 5.69 Å². The maximum absolute atomic E-state index is 12.7. The summed E-state index contributed by atoms with van der Waals surface area (Å²) in [4.78, 5) is 16.7. The Morgan fingerprint density at radius 2 is 1.89 bits per heavy atom. The van der Waals surface area contributed by atoms with Crippen molar-refractivity contribution in [2.24, 2.45) is 5.92 Å². The number of anilines is 1. The predicted molar refractivity (Wildman–Crippen MR) is 109 cm³/mol. The van der Waals surface area contributed by atoms with E-state index in [4.69, 9.17) is 0 Å². The Kier molecular flexibility index (Phi) is 6.46. The Labute approximate surface area is 167 Å². The van der Waals surface area contributed by atoms with Crippen LogP contribution >= 0.6 is 0 Å². The van der Waals surface area contributed by atoms with Crippen molar-refractivity contribution in [2.75, 3.05) is 18.4 Å². The lowest BCUT2D eigenvalue weighted by molar-refractivity contribution is -0.120. The average molecular weight is 402 g/mol. The highest BCUT2D eigenvalue weighted by molar-refractivity contribution is 7.89. The van der Waals surface area contributed by atoms with Crippen LogP contribution in [0.3, 0.4) is 0 Å². The molecule has 1 amide bonds. The molecule has 2 heterocycles. The molecule has 1 aromatic heterocycles. The Morgan fingerprint density at radius 3 is 2.46 bits per heavy atom. The average Bonchev–Trinajstić information content (AvgIpc) is 2.74. The molecule has 0 bridgehead atoms. The van der Waals surface area contributed by atoms with E-state index in [0.717, 1.165) is 12.1 Å². The molecule has 1 unspecified atom stereocenters. The van der Waals surface area contributed by atoms with Gasteiger partial charge in [0.1, 0.15) is 4.90 Å². The van der Waals surface area contributed by atoms with Gasteiger partial charge in [0, 0.05) is 37.1 Å². The van der Waals surface area contributed by atoms with E-state index in [1.807, 2.05) is 24.3 Å². The van der Waals surface area contributed by atoms with Gasteiger partial charge in [0.15, 0.2) is 0 Å². The molecule has 7 heteroatoms. The minimum atomic E-state index is -3.55. The van der Waals surface area contributed by atoms with Crippen molar-refractivity contribution in [1.82, 2.24) is 9.29 Å². The lowest BCUT2D eigenvalue weighted by Crippen LogP contribution is -2.41. The van der Waals surface area contributed by atoms with Crippen molar-refractivity contribution in [3.05, 3.63) is 54.4 Å². The van der Waals surface area contributed by atoms with Crippen LogP contribution in [-0.2, 0) is 14.8 Å². The van der Waals surface area contributed by atoms with Gasteiger partial charge in [0.05, 0.1) is 0 Å². The molecular formula is C21H27N3O3S. The topological polar surface area (TPSA) is 79.4 Å². The lowest BCUT2D eigenvalue weighted by Gasteiger charge is -2.30. The number of nitrogens with one attached hydrogen (secondary N) is 1. The van der Waals surface area contributed by atoms with Gasteiger partial charge in [-0.1, -0.05) is 26.0 Å². The number of sulfonamides is 1. The first-order chi connectivity index (χ1) is 13.4. The van der Waals surface area contributed by atoms with Crippen molar-refractivity contribution in [1.29, 1.82) is 0 Å². The summed E-state index contributed by atoms with van der Waals surface area (Å²) in [5.41, 5.74) is 2.04. The molecule has 28 heavy (non-hydrogen) atoms. The summed E-state index contributed by atoms with van der Waals surface area (Å²) in [5.74, 6) is 0.264. The molecule has 1 aliphatic heterocycles. The van der Waals surface area contributed by atoms with Crippen LogP contribution in [0.1, 0.15) is 44.6 Å². The highest BCUT2D eigenvalue weighted by Crippen LogP contribution is 2.25. The van der Waals surface area contributed by atoms with Gasteiger partial charge in [-0.25, -0.2) is 8.42 Å². The minimum absolute atomic E-state index is 0.0466. The fraction of sp³-hybridized carbons (Fsp3) is 0.429. The van der Waals surface area contributed by atoms with E-state index in [-0.39, 0.29) is 16.7 Å². The number of rotatable bonds is 6. The Morgan fingerprint density at radius 1 is 1.21 bits per heavy atom. The van der Waals surface area contributed by atoms with Gasteiger partial charge in [0.25, 0.3) is 0 Å². The molecule has 0 aliphatic carbocycles. The van der Waals surface area contributed by atoms with Gasteiger partial charge in [-0.05, 0) is 55.0 Å². The fourth-order valence-corrected chi connectivity index (χ4v) is 4.82. The van der Waals surface area contributed by atoms with Crippen molar-refractivity contribution in [3.8, 4) is 0 Å². The van der Waals surface area contributed by atoms with Gasteiger partial charge >= 0.3 is 0 Å². The van der Waals surface area contributed by atoms with Crippen molar-refractivity contribution in [2.45, 2.75) is 43.9 Å². The van der Waals surface area contributed by atoms with Crippen LogP contribution in [0.5, 0.6) is 0 Å². The highest BCUT2D eigenvalue weighted by atomic mass is 32.2. The fourth-order valence-electron chi connectivity index (χ4n) is 3.38. The van der Waals surface area contributed by atoms with Crippen LogP contribution in [0.2, 0.25) is 0 Å². The van der Waals surface area contributed by atoms with E-state index in [1.165, 1.54) is 16.1 Å². The summed E-state index contributed by atoms with van der Waals surface area (Å²) in [5, 5.41) is 2.96.